The Morgan fingerprint density at radius 3 is 2.71 bits per heavy atom. The summed E-state index contributed by atoms with van der Waals surface area (Å²) in [4.78, 5) is 12.3. The third kappa shape index (κ3) is 4.36. The third-order valence-corrected chi connectivity index (χ3v) is 3.37. The van der Waals surface area contributed by atoms with Crippen LogP contribution < -0.4 is 4.74 Å². The zero-order chi connectivity index (χ0) is 12.7. The van der Waals surface area contributed by atoms with E-state index in [2.05, 4.69) is 0 Å². The van der Waals surface area contributed by atoms with Crippen LogP contribution in [0.15, 0.2) is 6.07 Å². The second-order valence-electron chi connectivity index (χ2n) is 3.53. The maximum Gasteiger partial charge on any atom is 0.349 e. The van der Waals surface area contributed by atoms with Crippen LogP contribution in [0.2, 0.25) is 0 Å². The Morgan fingerprint density at radius 1 is 1.35 bits per heavy atom. The summed E-state index contributed by atoms with van der Waals surface area (Å²) in [5.74, 6) is -0.473. The number of hydrogen-bond acceptors (Lipinski definition) is 4. The molecule has 1 rings (SSSR count). The van der Waals surface area contributed by atoms with Crippen LogP contribution >= 0.6 is 11.3 Å². The molecule has 1 aromatic rings. The molecule has 0 aliphatic heterocycles. The van der Waals surface area contributed by atoms with E-state index in [1.165, 1.54) is 11.3 Å². The molecule has 4 nitrogen and oxygen atoms in total. The maximum absolute atomic E-state index is 11.0. The van der Waals surface area contributed by atoms with Crippen molar-refractivity contribution < 1.29 is 19.4 Å². The van der Waals surface area contributed by atoms with Gasteiger partial charge in [0.1, 0.15) is 12.4 Å². The van der Waals surface area contributed by atoms with Crippen molar-refractivity contribution in [3.05, 3.63) is 15.8 Å². The van der Waals surface area contributed by atoms with Gasteiger partial charge < -0.3 is 14.6 Å². The van der Waals surface area contributed by atoms with Gasteiger partial charge in [0.25, 0.3) is 0 Å². The molecule has 17 heavy (non-hydrogen) atoms. The van der Waals surface area contributed by atoms with E-state index in [0.29, 0.717) is 25.6 Å². The highest BCUT2D eigenvalue weighted by atomic mass is 32.1. The molecule has 0 spiro atoms. The molecule has 96 valence electrons. The fraction of sp³-hybridized carbons (Fsp3) is 0.583. The van der Waals surface area contributed by atoms with Crippen molar-refractivity contribution in [2.45, 2.75) is 26.7 Å². The molecule has 0 radical (unpaired) electrons. The third-order valence-electron chi connectivity index (χ3n) is 2.13. The van der Waals surface area contributed by atoms with Gasteiger partial charge in [-0.1, -0.05) is 13.8 Å². The summed E-state index contributed by atoms with van der Waals surface area (Å²) in [7, 11) is 0. The van der Waals surface area contributed by atoms with E-state index in [4.69, 9.17) is 14.6 Å². The van der Waals surface area contributed by atoms with Crippen LogP contribution in [0.5, 0.6) is 5.75 Å². The topological polar surface area (TPSA) is 55.8 Å². The summed E-state index contributed by atoms with van der Waals surface area (Å²) in [6.45, 7) is 5.62. The Balaban J connectivity index is 2.51. The fourth-order valence-electron chi connectivity index (χ4n) is 1.31. The summed E-state index contributed by atoms with van der Waals surface area (Å²) in [5, 5.41) is 9.01. The molecule has 0 aromatic carbocycles. The first kappa shape index (κ1) is 14.0. The quantitative estimate of drug-likeness (QED) is 0.728. The summed E-state index contributed by atoms with van der Waals surface area (Å²) in [5.41, 5.74) is 0. The number of carbonyl (C=O) groups is 1. The maximum atomic E-state index is 11.0. The first-order valence-electron chi connectivity index (χ1n) is 5.75. The zero-order valence-electron chi connectivity index (χ0n) is 10.2. The molecular weight excluding hydrogens is 240 g/mol. The van der Waals surface area contributed by atoms with E-state index in [-0.39, 0.29) is 4.88 Å². The molecule has 1 aromatic heterocycles. The number of aryl methyl sites for hydroxylation is 1. The molecule has 0 unspecified atom stereocenters. The lowest BCUT2D eigenvalue weighted by Gasteiger charge is -2.05. The first-order valence-corrected chi connectivity index (χ1v) is 6.57. The summed E-state index contributed by atoms with van der Waals surface area (Å²) in [6, 6.07) is 1.80. The van der Waals surface area contributed by atoms with Crippen molar-refractivity contribution in [3.63, 3.8) is 0 Å². The van der Waals surface area contributed by atoms with Crippen molar-refractivity contribution in [2.75, 3.05) is 19.8 Å². The molecule has 0 amide bonds. The van der Waals surface area contributed by atoms with Crippen LogP contribution in [0.25, 0.3) is 0 Å². The number of aromatic carboxylic acids is 1. The number of ether oxygens (including phenoxy) is 2. The highest BCUT2D eigenvalue weighted by Crippen LogP contribution is 2.29. The minimum Gasteiger partial charge on any atom is -0.489 e. The van der Waals surface area contributed by atoms with Crippen molar-refractivity contribution in [2.24, 2.45) is 0 Å². The lowest BCUT2D eigenvalue weighted by atomic mass is 10.3. The molecule has 0 atom stereocenters. The Kier molecular flexibility index (Phi) is 6.00. The van der Waals surface area contributed by atoms with Crippen LogP contribution in [-0.4, -0.2) is 30.9 Å². The van der Waals surface area contributed by atoms with Gasteiger partial charge in [0.2, 0.25) is 0 Å². The Labute approximate surface area is 105 Å². The van der Waals surface area contributed by atoms with Gasteiger partial charge >= 0.3 is 5.97 Å². The van der Waals surface area contributed by atoms with Gasteiger partial charge in [-0.3, -0.25) is 0 Å². The lowest BCUT2D eigenvalue weighted by molar-refractivity contribution is 0.0692. The van der Waals surface area contributed by atoms with Gasteiger partial charge in [0.05, 0.1) is 6.61 Å². The van der Waals surface area contributed by atoms with Crippen LogP contribution in [-0.2, 0) is 11.2 Å². The SMILES string of the molecule is CCCOCCOc1cc(CC)sc1C(=O)O. The normalized spacial score (nSPS) is 10.5. The van der Waals surface area contributed by atoms with Crippen LogP contribution in [0.4, 0.5) is 0 Å². The van der Waals surface area contributed by atoms with Gasteiger partial charge in [-0.25, -0.2) is 4.79 Å². The zero-order valence-corrected chi connectivity index (χ0v) is 11.0. The average molecular weight is 258 g/mol. The molecule has 0 bridgehead atoms. The predicted molar refractivity (Wildman–Crippen MR) is 67.3 cm³/mol. The van der Waals surface area contributed by atoms with E-state index in [1.54, 1.807) is 6.07 Å². The molecular formula is C12H18O4S. The second kappa shape index (κ2) is 7.29. The highest BCUT2D eigenvalue weighted by molar-refractivity contribution is 7.14. The van der Waals surface area contributed by atoms with Crippen molar-refractivity contribution in [3.8, 4) is 5.75 Å². The average Bonchev–Trinajstić information content (AvgIpc) is 2.72. The van der Waals surface area contributed by atoms with Gasteiger partial charge in [0.15, 0.2) is 4.88 Å². The number of rotatable bonds is 8. The molecule has 5 heteroatoms. The number of carboxylic acid groups (broad SMARTS) is 1. The van der Waals surface area contributed by atoms with Crippen molar-refractivity contribution in [1.29, 1.82) is 0 Å². The van der Waals surface area contributed by atoms with Crippen LogP contribution in [0, 0.1) is 0 Å². The van der Waals surface area contributed by atoms with E-state index in [9.17, 15) is 4.79 Å². The largest absolute Gasteiger partial charge is 0.489 e. The molecule has 1 N–H and O–H groups in total. The lowest BCUT2D eigenvalue weighted by Crippen LogP contribution is -2.08. The Bertz CT molecular complexity index is 359. The van der Waals surface area contributed by atoms with Gasteiger partial charge in [-0.15, -0.1) is 11.3 Å². The summed E-state index contributed by atoms with van der Waals surface area (Å²) >= 11 is 1.27. The molecule has 0 aliphatic rings. The van der Waals surface area contributed by atoms with E-state index >= 15 is 0 Å². The minimum atomic E-state index is -0.931. The van der Waals surface area contributed by atoms with E-state index in [0.717, 1.165) is 17.7 Å². The number of carboxylic acids is 1. The van der Waals surface area contributed by atoms with E-state index in [1.807, 2.05) is 13.8 Å². The smallest absolute Gasteiger partial charge is 0.349 e. The molecule has 0 fully saturated rings. The van der Waals surface area contributed by atoms with Gasteiger partial charge in [-0.05, 0) is 18.9 Å². The van der Waals surface area contributed by atoms with E-state index < -0.39 is 5.97 Å². The second-order valence-corrected chi connectivity index (χ2v) is 4.66. The molecule has 0 saturated heterocycles. The van der Waals surface area contributed by atoms with Gasteiger partial charge in [-0.2, -0.15) is 0 Å². The molecule has 0 aliphatic carbocycles. The first-order chi connectivity index (χ1) is 8.19. The summed E-state index contributed by atoms with van der Waals surface area (Å²) in [6.07, 6.45) is 1.79. The minimum absolute atomic E-state index is 0.275. The Morgan fingerprint density at radius 2 is 2.12 bits per heavy atom. The highest BCUT2D eigenvalue weighted by Gasteiger charge is 2.15. The predicted octanol–water partition coefficient (Wildman–Crippen LogP) is 2.81. The number of thiophene rings is 1. The monoisotopic (exact) mass is 258 g/mol. The standard InChI is InChI=1S/C12H18O4S/c1-3-5-15-6-7-16-10-8-9(4-2)17-11(10)12(13)14/h8H,3-7H2,1-2H3,(H,13,14). The molecule has 0 saturated carbocycles. The van der Waals surface area contributed by atoms with Crippen LogP contribution in [0.1, 0.15) is 34.8 Å². The van der Waals surface area contributed by atoms with Crippen LogP contribution in [0.3, 0.4) is 0 Å². The molecule has 1 heterocycles. The Hall–Kier alpha value is -1.07. The summed E-state index contributed by atoms with van der Waals surface area (Å²) < 4.78 is 10.7. The van der Waals surface area contributed by atoms with Gasteiger partial charge in [0, 0.05) is 11.5 Å². The van der Waals surface area contributed by atoms with Crippen molar-refractivity contribution >= 4 is 17.3 Å². The number of hydrogen-bond donors (Lipinski definition) is 1. The van der Waals surface area contributed by atoms with Crippen molar-refractivity contribution in [1.82, 2.24) is 0 Å². The fourth-order valence-corrected chi connectivity index (χ4v) is 2.19.